The van der Waals surface area contributed by atoms with Crippen LogP contribution in [0.2, 0.25) is 0 Å². The van der Waals surface area contributed by atoms with Crippen molar-refractivity contribution in [2.24, 2.45) is 5.92 Å². The summed E-state index contributed by atoms with van der Waals surface area (Å²) in [6.07, 6.45) is 0.227. The Morgan fingerprint density at radius 2 is 2.00 bits per heavy atom. The van der Waals surface area contributed by atoms with Crippen molar-refractivity contribution < 1.29 is 18.3 Å². The maximum absolute atomic E-state index is 12.2. The van der Waals surface area contributed by atoms with E-state index in [0.29, 0.717) is 11.4 Å². The number of aromatic amines is 1. The van der Waals surface area contributed by atoms with E-state index in [1.165, 1.54) is 0 Å². The lowest BCUT2D eigenvalue weighted by atomic mass is 10.1. The third kappa shape index (κ3) is 3.77. The Labute approximate surface area is 112 Å². The van der Waals surface area contributed by atoms with E-state index >= 15 is 0 Å². The molecule has 0 aromatic carbocycles. The van der Waals surface area contributed by atoms with E-state index in [9.17, 15) is 13.2 Å². The van der Waals surface area contributed by atoms with Gasteiger partial charge in [0, 0.05) is 0 Å². The summed E-state index contributed by atoms with van der Waals surface area (Å²) in [4.78, 5) is 11.1. The van der Waals surface area contributed by atoms with Crippen LogP contribution in [0.15, 0.2) is 4.90 Å². The maximum Gasteiger partial charge on any atom is 0.321 e. The molecule has 0 aliphatic carbocycles. The van der Waals surface area contributed by atoms with Crippen molar-refractivity contribution in [2.75, 3.05) is 0 Å². The highest BCUT2D eigenvalue weighted by molar-refractivity contribution is 7.89. The highest BCUT2D eigenvalue weighted by atomic mass is 32.2. The molecule has 19 heavy (non-hydrogen) atoms. The van der Waals surface area contributed by atoms with E-state index in [0.717, 1.165) is 0 Å². The van der Waals surface area contributed by atoms with Gasteiger partial charge in [0.15, 0.2) is 0 Å². The lowest BCUT2D eigenvalue weighted by Crippen LogP contribution is -2.41. The number of nitrogens with zero attached hydrogens (tertiary/aromatic N) is 1. The Hall–Kier alpha value is -1.41. The second-order valence-electron chi connectivity index (χ2n) is 4.90. The topological polar surface area (TPSA) is 112 Å². The van der Waals surface area contributed by atoms with Gasteiger partial charge in [-0.2, -0.15) is 9.82 Å². The number of carboxylic acid groups (broad SMARTS) is 1. The van der Waals surface area contributed by atoms with Gasteiger partial charge in [0.05, 0.1) is 11.4 Å². The quantitative estimate of drug-likeness (QED) is 0.717. The van der Waals surface area contributed by atoms with Crippen LogP contribution in [0.25, 0.3) is 0 Å². The molecule has 108 valence electrons. The number of hydrogen-bond acceptors (Lipinski definition) is 4. The molecule has 1 aromatic heterocycles. The van der Waals surface area contributed by atoms with E-state index in [1.807, 2.05) is 13.8 Å². The summed E-state index contributed by atoms with van der Waals surface area (Å²) in [7, 11) is -3.89. The first-order valence-corrected chi connectivity index (χ1v) is 7.40. The predicted molar refractivity (Wildman–Crippen MR) is 69.3 cm³/mol. The SMILES string of the molecule is Cc1n[nH]c(C)c1S(=O)(=O)N[C@H](CC(C)C)C(=O)O. The Balaban J connectivity index is 3.05. The number of H-pyrrole nitrogens is 1. The van der Waals surface area contributed by atoms with Gasteiger partial charge in [0.25, 0.3) is 0 Å². The highest BCUT2D eigenvalue weighted by Crippen LogP contribution is 2.18. The number of aliphatic carboxylic acids is 1. The second kappa shape index (κ2) is 5.70. The number of aromatic nitrogens is 2. The van der Waals surface area contributed by atoms with Crippen molar-refractivity contribution in [3.63, 3.8) is 0 Å². The minimum absolute atomic E-state index is 0.0162. The van der Waals surface area contributed by atoms with Crippen LogP contribution in [0, 0.1) is 19.8 Å². The Morgan fingerprint density at radius 3 is 2.37 bits per heavy atom. The van der Waals surface area contributed by atoms with Crippen molar-refractivity contribution in [2.45, 2.75) is 45.1 Å². The second-order valence-corrected chi connectivity index (χ2v) is 6.56. The smallest absolute Gasteiger partial charge is 0.321 e. The van der Waals surface area contributed by atoms with Crippen LogP contribution in [0.3, 0.4) is 0 Å². The molecule has 0 unspecified atom stereocenters. The molecule has 0 aliphatic rings. The minimum Gasteiger partial charge on any atom is -0.480 e. The average molecular weight is 289 g/mol. The molecule has 0 bridgehead atoms. The number of hydrogen-bond donors (Lipinski definition) is 3. The van der Waals surface area contributed by atoms with Crippen LogP contribution in [0.4, 0.5) is 0 Å². The third-order valence-corrected chi connectivity index (χ3v) is 4.37. The van der Waals surface area contributed by atoms with Gasteiger partial charge >= 0.3 is 5.97 Å². The molecule has 1 aromatic rings. The Kier molecular flexibility index (Phi) is 4.70. The molecule has 0 aliphatic heterocycles. The molecule has 1 atom stereocenters. The van der Waals surface area contributed by atoms with Crippen LogP contribution in [-0.4, -0.2) is 35.7 Å². The molecular weight excluding hydrogens is 270 g/mol. The minimum atomic E-state index is -3.89. The fraction of sp³-hybridized carbons (Fsp3) is 0.636. The van der Waals surface area contributed by atoms with Crippen molar-refractivity contribution in [3.05, 3.63) is 11.4 Å². The van der Waals surface area contributed by atoms with Crippen LogP contribution < -0.4 is 4.72 Å². The van der Waals surface area contributed by atoms with Gasteiger partial charge in [-0.05, 0) is 26.2 Å². The van der Waals surface area contributed by atoms with E-state index in [2.05, 4.69) is 14.9 Å². The van der Waals surface area contributed by atoms with Gasteiger partial charge in [0.1, 0.15) is 10.9 Å². The number of rotatable bonds is 6. The fourth-order valence-corrected chi connectivity index (χ4v) is 3.43. The molecule has 7 nitrogen and oxygen atoms in total. The Morgan fingerprint density at radius 1 is 1.42 bits per heavy atom. The van der Waals surface area contributed by atoms with Gasteiger partial charge in [-0.3, -0.25) is 9.89 Å². The highest BCUT2D eigenvalue weighted by Gasteiger charge is 2.29. The zero-order chi connectivity index (χ0) is 14.8. The summed E-state index contributed by atoms with van der Waals surface area (Å²) < 4.78 is 26.6. The van der Waals surface area contributed by atoms with Crippen molar-refractivity contribution in [1.29, 1.82) is 0 Å². The molecule has 0 amide bonds. The first-order valence-electron chi connectivity index (χ1n) is 5.92. The zero-order valence-electron chi connectivity index (χ0n) is 11.4. The molecule has 0 spiro atoms. The summed E-state index contributed by atoms with van der Waals surface area (Å²) in [5.74, 6) is -1.12. The molecule has 0 saturated carbocycles. The van der Waals surface area contributed by atoms with Gasteiger partial charge in [-0.15, -0.1) is 0 Å². The van der Waals surface area contributed by atoms with Gasteiger partial charge in [-0.1, -0.05) is 13.8 Å². The standard InChI is InChI=1S/C11H19N3O4S/c1-6(2)5-9(11(15)16)14-19(17,18)10-7(3)12-13-8(10)4/h6,9,14H,5H2,1-4H3,(H,12,13)(H,15,16)/t9-/m1/s1. The summed E-state index contributed by atoms with van der Waals surface area (Å²) in [5, 5.41) is 15.4. The first-order chi connectivity index (χ1) is 8.65. The lowest BCUT2D eigenvalue weighted by Gasteiger charge is -2.16. The largest absolute Gasteiger partial charge is 0.480 e. The van der Waals surface area contributed by atoms with E-state index in [4.69, 9.17) is 5.11 Å². The monoisotopic (exact) mass is 289 g/mol. The summed E-state index contributed by atoms with van der Waals surface area (Å²) in [5.41, 5.74) is 0.706. The average Bonchev–Trinajstić information content (AvgIpc) is 2.56. The number of nitrogens with one attached hydrogen (secondary N) is 2. The van der Waals surface area contributed by atoms with E-state index in [-0.39, 0.29) is 17.2 Å². The number of aryl methyl sites for hydroxylation is 2. The van der Waals surface area contributed by atoms with Crippen molar-refractivity contribution in [3.8, 4) is 0 Å². The first kappa shape index (κ1) is 15.6. The summed E-state index contributed by atoms with van der Waals surface area (Å²) in [6, 6.07) is -1.14. The molecule has 0 fully saturated rings. The van der Waals surface area contributed by atoms with Gasteiger partial charge in [0.2, 0.25) is 10.0 Å². The molecule has 3 N–H and O–H groups in total. The molecule has 1 heterocycles. The Bertz CT molecular complexity index is 543. The number of carbonyl (C=O) groups is 1. The maximum atomic E-state index is 12.2. The number of carboxylic acids is 1. The summed E-state index contributed by atoms with van der Waals surface area (Å²) >= 11 is 0. The zero-order valence-corrected chi connectivity index (χ0v) is 12.2. The van der Waals surface area contributed by atoms with E-state index < -0.39 is 22.0 Å². The van der Waals surface area contributed by atoms with Gasteiger partial charge < -0.3 is 5.11 Å². The fourth-order valence-electron chi connectivity index (χ4n) is 1.85. The molecule has 0 saturated heterocycles. The summed E-state index contributed by atoms with van der Waals surface area (Å²) in [6.45, 7) is 6.79. The predicted octanol–water partition coefficient (Wildman–Crippen LogP) is 0.804. The molecular formula is C11H19N3O4S. The molecule has 8 heteroatoms. The van der Waals surface area contributed by atoms with Crippen LogP contribution in [0.5, 0.6) is 0 Å². The van der Waals surface area contributed by atoms with Crippen LogP contribution >= 0.6 is 0 Å². The van der Waals surface area contributed by atoms with Gasteiger partial charge in [-0.25, -0.2) is 8.42 Å². The molecule has 1 rings (SSSR count). The van der Waals surface area contributed by atoms with Crippen LogP contribution in [-0.2, 0) is 14.8 Å². The van der Waals surface area contributed by atoms with Crippen LogP contribution in [0.1, 0.15) is 31.7 Å². The lowest BCUT2D eigenvalue weighted by molar-refractivity contribution is -0.139. The van der Waals surface area contributed by atoms with E-state index in [1.54, 1.807) is 13.8 Å². The number of sulfonamides is 1. The third-order valence-electron chi connectivity index (χ3n) is 2.63. The molecule has 0 radical (unpaired) electrons. The van der Waals surface area contributed by atoms with Crippen molar-refractivity contribution >= 4 is 16.0 Å². The van der Waals surface area contributed by atoms with Crippen molar-refractivity contribution in [1.82, 2.24) is 14.9 Å². The normalized spacial score (nSPS) is 13.7.